The van der Waals surface area contributed by atoms with Crippen molar-refractivity contribution in [1.29, 1.82) is 0 Å². The molecule has 2 rings (SSSR count). The number of benzene rings is 1. The van der Waals surface area contributed by atoms with Crippen LogP contribution in [-0.4, -0.2) is 42.4 Å². The first-order valence-electron chi connectivity index (χ1n) is 7.13. The number of hydrogen-bond acceptors (Lipinski definition) is 3. The lowest BCUT2D eigenvalue weighted by atomic mass is 9.98. The van der Waals surface area contributed by atoms with Crippen molar-refractivity contribution in [2.45, 2.75) is 44.9 Å². The summed E-state index contributed by atoms with van der Waals surface area (Å²) in [7, 11) is 1.78. The molecule has 0 aliphatic carbocycles. The number of likely N-dealkylation sites (tertiary alicyclic amines) is 1. The Morgan fingerprint density at radius 3 is 2.32 bits per heavy atom. The third kappa shape index (κ3) is 3.56. The first kappa shape index (κ1) is 14.5. The van der Waals surface area contributed by atoms with E-state index in [4.69, 9.17) is 4.74 Å². The van der Waals surface area contributed by atoms with Crippen LogP contribution in [0.15, 0.2) is 24.3 Å². The fourth-order valence-electron chi connectivity index (χ4n) is 2.76. The number of aryl methyl sites for hydroxylation is 1. The summed E-state index contributed by atoms with van der Waals surface area (Å²) in [6.45, 7) is 6.18. The lowest BCUT2D eigenvalue weighted by Gasteiger charge is -2.37. The average Bonchev–Trinajstić information content (AvgIpc) is 2.46. The van der Waals surface area contributed by atoms with Gasteiger partial charge in [0.1, 0.15) is 0 Å². The highest BCUT2D eigenvalue weighted by Crippen LogP contribution is 2.24. The number of ether oxygens (including phenoxy) is 1. The number of rotatable bonds is 4. The van der Waals surface area contributed by atoms with Gasteiger partial charge in [0.05, 0.1) is 12.2 Å². The smallest absolute Gasteiger partial charge is 0.0942 e. The van der Waals surface area contributed by atoms with Crippen molar-refractivity contribution in [2.75, 3.05) is 20.2 Å². The van der Waals surface area contributed by atoms with Crippen LogP contribution in [-0.2, 0) is 4.74 Å². The summed E-state index contributed by atoms with van der Waals surface area (Å²) in [5.74, 6) is 0. The normalized spacial score (nSPS) is 21.3. The molecule has 1 aliphatic rings. The van der Waals surface area contributed by atoms with E-state index >= 15 is 0 Å². The van der Waals surface area contributed by atoms with Crippen molar-refractivity contribution in [3.8, 4) is 0 Å². The molecule has 0 aromatic heterocycles. The van der Waals surface area contributed by atoms with E-state index in [9.17, 15) is 5.11 Å². The van der Waals surface area contributed by atoms with Gasteiger partial charge in [-0.2, -0.15) is 0 Å². The second kappa shape index (κ2) is 6.51. The number of aliphatic hydroxyl groups is 1. The largest absolute Gasteiger partial charge is 0.387 e. The van der Waals surface area contributed by atoms with Gasteiger partial charge in [0.15, 0.2) is 0 Å². The van der Waals surface area contributed by atoms with Gasteiger partial charge in [0, 0.05) is 26.2 Å². The Kier molecular flexibility index (Phi) is 4.97. The highest BCUT2D eigenvalue weighted by atomic mass is 16.5. The molecule has 1 aliphatic heterocycles. The van der Waals surface area contributed by atoms with Gasteiger partial charge in [-0.3, -0.25) is 4.90 Å². The first-order chi connectivity index (χ1) is 9.11. The van der Waals surface area contributed by atoms with Gasteiger partial charge < -0.3 is 9.84 Å². The van der Waals surface area contributed by atoms with Crippen molar-refractivity contribution in [3.63, 3.8) is 0 Å². The van der Waals surface area contributed by atoms with Crippen LogP contribution in [0.3, 0.4) is 0 Å². The number of methoxy groups -OCH3 is 1. The van der Waals surface area contributed by atoms with Gasteiger partial charge in [-0.1, -0.05) is 29.8 Å². The molecular weight excluding hydrogens is 238 g/mol. The summed E-state index contributed by atoms with van der Waals surface area (Å²) in [6.07, 6.45) is 2.09. The van der Waals surface area contributed by atoms with Crippen LogP contribution in [0.4, 0.5) is 0 Å². The lowest BCUT2D eigenvalue weighted by Crippen LogP contribution is -2.44. The Morgan fingerprint density at radius 2 is 1.79 bits per heavy atom. The second-order valence-corrected chi connectivity index (χ2v) is 5.57. The van der Waals surface area contributed by atoms with E-state index in [1.54, 1.807) is 7.11 Å². The van der Waals surface area contributed by atoms with E-state index in [1.165, 1.54) is 5.56 Å². The minimum Gasteiger partial charge on any atom is -0.387 e. The number of aliphatic hydroxyl groups excluding tert-OH is 1. The molecule has 2 atom stereocenters. The van der Waals surface area contributed by atoms with Crippen molar-refractivity contribution in [2.24, 2.45) is 0 Å². The Labute approximate surface area is 116 Å². The minimum atomic E-state index is -0.417. The molecule has 3 heteroatoms. The number of piperidine rings is 1. The molecule has 1 saturated heterocycles. The Morgan fingerprint density at radius 1 is 1.21 bits per heavy atom. The molecule has 0 amide bonds. The topological polar surface area (TPSA) is 32.7 Å². The third-order valence-electron chi connectivity index (χ3n) is 4.26. The average molecular weight is 263 g/mol. The van der Waals surface area contributed by atoms with Gasteiger partial charge in [-0.15, -0.1) is 0 Å². The summed E-state index contributed by atoms with van der Waals surface area (Å²) in [6, 6.07) is 8.32. The molecule has 1 N–H and O–H groups in total. The fraction of sp³-hybridized carbons (Fsp3) is 0.625. The monoisotopic (exact) mass is 263 g/mol. The van der Waals surface area contributed by atoms with Gasteiger partial charge in [-0.05, 0) is 32.3 Å². The van der Waals surface area contributed by atoms with Crippen molar-refractivity contribution < 1.29 is 9.84 Å². The predicted molar refractivity (Wildman–Crippen MR) is 77.2 cm³/mol. The summed E-state index contributed by atoms with van der Waals surface area (Å²) >= 11 is 0. The van der Waals surface area contributed by atoms with Crippen LogP contribution in [0, 0.1) is 6.92 Å². The Bertz CT molecular complexity index is 382. The molecule has 0 saturated carbocycles. The van der Waals surface area contributed by atoms with Crippen LogP contribution in [0.5, 0.6) is 0 Å². The predicted octanol–water partition coefficient (Wildman–Crippen LogP) is 2.53. The summed E-state index contributed by atoms with van der Waals surface area (Å²) < 4.78 is 5.39. The summed E-state index contributed by atoms with van der Waals surface area (Å²) in [5, 5.41) is 10.5. The van der Waals surface area contributed by atoms with Gasteiger partial charge >= 0.3 is 0 Å². The maximum atomic E-state index is 10.5. The zero-order valence-electron chi connectivity index (χ0n) is 12.2. The summed E-state index contributed by atoms with van der Waals surface area (Å²) in [5.41, 5.74) is 2.23. The second-order valence-electron chi connectivity index (χ2n) is 5.57. The van der Waals surface area contributed by atoms with E-state index in [0.29, 0.717) is 6.10 Å². The minimum absolute atomic E-state index is 0.153. The quantitative estimate of drug-likeness (QED) is 0.906. The lowest BCUT2D eigenvalue weighted by molar-refractivity contribution is -0.00215. The van der Waals surface area contributed by atoms with Crippen molar-refractivity contribution >= 4 is 0 Å². The zero-order chi connectivity index (χ0) is 13.8. The molecule has 3 nitrogen and oxygen atoms in total. The van der Waals surface area contributed by atoms with Crippen LogP contribution < -0.4 is 0 Å². The molecule has 0 spiro atoms. The van der Waals surface area contributed by atoms with Gasteiger partial charge in [0.25, 0.3) is 0 Å². The molecule has 1 aromatic rings. The summed E-state index contributed by atoms with van der Waals surface area (Å²) in [4.78, 5) is 2.36. The molecule has 0 radical (unpaired) electrons. The SMILES string of the molecule is COC1CCN(C(C)C(O)c2ccc(C)cc2)CC1. The molecule has 0 bridgehead atoms. The van der Waals surface area contributed by atoms with Crippen LogP contribution in [0.2, 0.25) is 0 Å². The van der Waals surface area contributed by atoms with E-state index in [2.05, 4.69) is 30.9 Å². The van der Waals surface area contributed by atoms with E-state index < -0.39 is 6.10 Å². The van der Waals surface area contributed by atoms with E-state index in [-0.39, 0.29) is 6.04 Å². The molecule has 1 fully saturated rings. The number of nitrogens with zero attached hydrogens (tertiary/aromatic N) is 1. The highest BCUT2D eigenvalue weighted by molar-refractivity contribution is 5.24. The molecule has 19 heavy (non-hydrogen) atoms. The Balaban J connectivity index is 1.95. The number of hydrogen-bond donors (Lipinski definition) is 1. The zero-order valence-corrected chi connectivity index (χ0v) is 12.2. The molecule has 1 heterocycles. The van der Waals surface area contributed by atoms with Gasteiger partial charge in [-0.25, -0.2) is 0 Å². The van der Waals surface area contributed by atoms with Crippen molar-refractivity contribution in [3.05, 3.63) is 35.4 Å². The molecular formula is C16H25NO2. The standard InChI is InChI=1S/C16H25NO2/c1-12-4-6-14(7-5-12)16(18)13(2)17-10-8-15(19-3)9-11-17/h4-7,13,15-16,18H,8-11H2,1-3H3. The molecule has 1 aromatic carbocycles. The van der Waals surface area contributed by atoms with E-state index in [0.717, 1.165) is 31.5 Å². The maximum absolute atomic E-state index is 10.5. The van der Waals surface area contributed by atoms with Crippen LogP contribution in [0.1, 0.15) is 37.0 Å². The van der Waals surface area contributed by atoms with E-state index in [1.807, 2.05) is 12.1 Å². The maximum Gasteiger partial charge on any atom is 0.0942 e. The fourth-order valence-corrected chi connectivity index (χ4v) is 2.76. The molecule has 2 unspecified atom stereocenters. The first-order valence-corrected chi connectivity index (χ1v) is 7.13. The Hall–Kier alpha value is -0.900. The van der Waals surface area contributed by atoms with Crippen LogP contribution in [0.25, 0.3) is 0 Å². The third-order valence-corrected chi connectivity index (χ3v) is 4.26. The van der Waals surface area contributed by atoms with Crippen molar-refractivity contribution in [1.82, 2.24) is 4.90 Å². The van der Waals surface area contributed by atoms with Gasteiger partial charge in [0.2, 0.25) is 0 Å². The highest BCUT2D eigenvalue weighted by Gasteiger charge is 2.27. The van der Waals surface area contributed by atoms with Crippen LogP contribution >= 0.6 is 0 Å². The molecule has 106 valence electrons.